The average molecular weight is 586 g/mol. The highest BCUT2D eigenvalue weighted by Crippen LogP contribution is 2.32. The summed E-state index contributed by atoms with van der Waals surface area (Å²) >= 11 is 0. The fourth-order valence-electron chi connectivity index (χ4n) is 6.03. The maximum Gasteiger partial charge on any atom is 0.337 e. The summed E-state index contributed by atoms with van der Waals surface area (Å²) in [6.45, 7) is 14.6. The minimum atomic E-state index is -0.361. The molecule has 1 N–H and O–H groups in total. The molecule has 2 aromatic heterocycles. The predicted molar refractivity (Wildman–Crippen MR) is 173 cm³/mol. The van der Waals surface area contributed by atoms with Gasteiger partial charge in [-0.05, 0) is 93.9 Å². The summed E-state index contributed by atoms with van der Waals surface area (Å²) in [6.07, 6.45) is 7.50. The number of esters is 1. The largest absolute Gasteiger partial charge is 0.465 e. The highest BCUT2D eigenvalue weighted by Gasteiger charge is 2.22. The van der Waals surface area contributed by atoms with Gasteiger partial charge >= 0.3 is 5.97 Å². The van der Waals surface area contributed by atoms with Crippen LogP contribution in [0.25, 0.3) is 33.3 Å². The van der Waals surface area contributed by atoms with Crippen molar-refractivity contribution in [2.45, 2.75) is 66.3 Å². The van der Waals surface area contributed by atoms with E-state index in [1.807, 2.05) is 41.4 Å². The van der Waals surface area contributed by atoms with Crippen LogP contribution < -0.4 is 0 Å². The van der Waals surface area contributed by atoms with Crippen molar-refractivity contribution in [3.63, 3.8) is 0 Å². The Hall–Kier alpha value is -3.65. The average Bonchev–Trinajstić information content (AvgIpc) is 3.74. The van der Waals surface area contributed by atoms with Gasteiger partial charge in [-0.15, -0.1) is 0 Å². The second kappa shape index (κ2) is 13.8. The van der Waals surface area contributed by atoms with Gasteiger partial charge in [-0.3, -0.25) is 4.79 Å². The number of nitrogens with one attached hydrogen (secondary N) is 1. The van der Waals surface area contributed by atoms with Gasteiger partial charge in [-0.1, -0.05) is 33.8 Å². The van der Waals surface area contributed by atoms with E-state index in [4.69, 9.17) is 9.72 Å². The Morgan fingerprint density at radius 1 is 0.953 bits per heavy atom. The van der Waals surface area contributed by atoms with Crippen LogP contribution in [-0.2, 0) is 11.3 Å². The molecule has 0 spiro atoms. The number of aromatic amines is 1. The number of amides is 1. The second-order valence-corrected chi connectivity index (χ2v) is 12.8. The third-order valence-electron chi connectivity index (χ3n) is 8.63. The lowest BCUT2D eigenvalue weighted by molar-refractivity contribution is 0.0600. The molecule has 1 saturated heterocycles. The fraction of sp³-hybridized carbons (Fsp3) is 0.514. The zero-order valence-electron chi connectivity index (χ0n) is 26.5. The first kappa shape index (κ1) is 30.8. The highest BCUT2D eigenvalue weighted by molar-refractivity contribution is 6.01. The lowest BCUT2D eigenvalue weighted by Gasteiger charge is -2.25. The van der Waals surface area contributed by atoms with Crippen molar-refractivity contribution in [3.05, 3.63) is 53.7 Å². The normalized spacial score (nSPS) is 14.0. The van der Waals surface area contributed by atoms with E-state index in [1.165, 1.54) is 33.0 Å². The Kier molecular flexibility index (Phi) is 9.86. The molecule has 8 nitrogen and oxygen atoms in total. The standard InChI is InChI=1S/C35H47N5O3/c1-24(2)13-19-39(20-14-25(3)4)34(41)26-10-12-30-32(22-26)40(18-8-17-38-15-6-7-16-38)33(37-30)29-23-36-31-21-27(35(42)43-5)9-11-28(29)31/h9-12,21-25,36H,6-8,13-20H2,1-5H3. The molecule has 0 radical (unpaired) electrons. The topological polar surface area (TPSA) is 83.5 Å². The summed E-state index contributed by atoms with van der Waals surface area (Å²) in [4.78, 5) is 39.0. The van der Waals surface area contributed by atoms with Crippen molar-refractivity contribution in [2.24, 2.45) is 11.8 Å². The van der Waals surface area contributed by atoms with Gasteiger partial charge in [0.05, 0.1) is 23.7 Å². The number of H-pyrrole nitrogens is 1. The molecule has 4 aromatic rings. The molecule has 230 valence electrons. The number of carbonyl (C=O) groups excluding carboxylic acids is 2. The number of hydrogen-bond acceptors (Lipinski definition) is 5. The van der Waals surface area contributed by atoms with Gasteiger partial charge in [0.1, 0.15) is 5.82 Å². The molecule has 0 aliphatic carbocycles. The van der Waals surface area contributed by atoms with Gasteiger partial charge in [-0.2, -0.15) is 0 Å². The van der Waals surface area contributed by atoms with Crippen LogP contribution in [0, 0.1) is 11.8 Å². The van der Waals surface area contributed by atoms with E-state index in [-0.39, 0.29) is 11.9 Å². The van der Waals surface area contributed by atoms with Crippen LogP contribution in [0.1, 0.15) is 80.5 Å². The molecule has 8 heteroatoms. The number of hydrogen-bond donors (Lipinski definition) is 1. The van der Waals surface area contributed by atoms with E-state index in [0.29, 0.717) is 23.0 Å². The van der Waals surface area contributed by atoms with Gasteiger partial charge in [0.2, 0.25) is 0 Å². The Balaban J connectivity index is 1.52. The number of rotatable bonds is 13. The number of methoxy groups -OCH3 is 1. The SMILES string of the molecule is COC(=O)c1ccc2c(-c3nc4ccc(C(=O)N(CCC(C)C)CCC(C)C)cc4n3CCCN3CCCC3)c[nH]c2c1. The summed E-state index contributed by atoms with van der Waals surface area (Å²) < 4.78 is 7.20. The van der Waals surface area contributed by atoms with Crippen LogP contribution in [0.15, 0.2) is 42.6 Å². The smallest absolute Gasteiger partial charge is 0.337 e. The molecule has 0 atom stereocenters. The predicted octanol–water partition coefficient (Wildman–Crippen LogP) is 6.99. The molecule has 3 heterocycles. The lowest BCUT2D eigenvalue weighted by atomic mass is 10.1. The second-order valence-electron chi connectivity index (χ2n) is 12.8. The Morgan fingerprint density at radius 2 is 1.65 bits per heavy atom. The molecule has 2 aromatic carbocycles. The molecular formula is C35H47N5O3. The minimum Gasteiger partial charge on any atom is -0.465 e. The first-order valence-corrected chi connectivity index (χ1v) is 16.0. The van der Waals surface area contributed by atoms with Gasteiger partial charge < -0.3 is 24.1 Å². The van der Waals surface area contributed by atoms with E-state index >= 15 is 0 Å². The molecule has 5 rings (SSSR count). The van der Waals surface area contributed by atoms with E-state index in [1.54, 1.807) is 6.07 Å². The molecule has 1 aliphatic heterocycles. The van der Waals surface area contributed by atoms with Crippen molar-refractivity contribution in [1.29, 1.82) is 0 Å². The molecule has 43 heavy (non-hydrogen) atoms. The third-order valence-corrected chi connectivity index (χ3v) is 8.63. The van der Waals surface area contributed by atoms with E-state index < -0.39 is 0 Å². The van der Waals surface area contributed by atoms with Gasteiger partial charge in [0, 0.05) is 47.9 Å². The summed E-state index contributed by atoms with van der Waals surface area (Å²) in [5.74, 6) is 1.68. The number of ether oxygens (including phenoxy) is 1. The van der Waals surface area contributed by atoms with Crippen LogP contribution in [0.2, 0.25) is 0 Å². The lowest BCUT2D eigenvalue weighted by Crippen LogP contribution is -2.34. The Bertz CT molecular complexity index is 1550. The zero-order valence-corrected chi connectivity index (χ0v) is 26.5. The van der Waals surface area contributed by atoms with Gasteiger partial charge in [-0.25, -0.2) is 9.78 Å². The van der Waals surface area contributed by atoms with Crippen LogP contribution in [-0.4, -0.2) is 76.0 Å². The summed E-state index contributed by atoms with van der Waals surface area (Å²) in [7, 11) is 1.39. The molecule has 0 unspecified atom stereocenters. The molecule has 1 fully saturated rings. The fourth-order valence-corrected chi connectivity index (χ4v) is 6.03. The number of likely N-dealkylation sites (tertiary alicyclic amines) is 1. The summed E-state index contributed by atoms with van der Waals surface area (Å²) in [5, 5.41) is 0.994. The van der Waals surface area contributed by atoms with Crippen molar-refractivity contribution >= 4 is 33.8 Å². The molecule has 0 saturated carbocycles. The maximum atomic E-state index is 13.9. The zero-order chi connectivity index (χ0) is 30.5. The van der Waals surface area contributed by atoms with Crippen LogP contribution in [0.5, 0.6) is 0 Å². The molecule has 1 amide bonds. The van der Waals surface area contributed by atoms with Gasteiger partial charge in [0.15, 0.2) is 0 Å². The molecule has 0 bridgehead atoms. The van der Waals surface area contributed by atoms with Crippen molar-refractivity contribution in [2.75, 3.05) is 39.8 Å². The molecular weight excluding hydrogens is 538 g/mol. The first-order valence-electron chi connectivity index (χ1n) is 16.0. The highest BCUT2D eigenvalue weighted by atomic mass is 16.5. The first-order chi connectivity index (χ1) is 20.7. The Labute approximate surface area is 255 Å². The number of carbonyl (C=O) groups is 2. The summed E-state index contributed by atoms with van der Waals surface area (Å²) in [5.41, 5.74) is 4.92. The van der Waals surface area contributed by atoms with Crippen LogP contribution in [0.4, 0.5) is 0 Å². The minimum absolute atomic E-state index is 0.0944. The van der Waals surface area contributed by atoms with Crippen molar-refractivity contribution < 1.29 is 14.3 Å². The van der Waals surface area contributed by atoms with Crippen molar-refractivity contribution in [3.8, 4) is 11.4 Å². The summed E-state index contributed by atoms with van der Waals surface area (Å²) in [6, 6.07) is 11.6. The number of nitrogens with zero attached hydrogens (tertiary/aromatic N) is 4. The van der Waals surface area contributed by atoms with Crippen LogP contribution in [0.3, 0.4) is 0 Å². The number of benzene rings is 2. The third kappa shape index (κ3) is 7.12. The van der Waals surface area contributed by atoms with E-state index in [0.717, 1.165) is 78.8 Å². The Morgan fingerprint density at radius 3 is 2.33 bits per heavy atom. The van der Waals surface area contributed by atoms with E-state index in [9.17, 15) is 9.59 Å². The number of fused-ring (bicyclic) bond motifs is 2. The number of aromatic nitrogens is 3. The number of aryl methyl sites for hydroxylation is 1. The van der Waals surface area contributed by atoms with Crippen LogP contribution >= 0.6 is 0 Å². The van der Waals surface area contributed by atoms with E-state index in [2.05, 4.69) is 42.1 Å². The quantitative estimate of drug-likeness (QED) is 0.171. The van der Waals surface area contributed by atoms with Gasteiger partial charge in [0.25, 0.3) is 5.91 Å². The maximum absolute atomic E-state index is 13.9. The molecule has 1 aliphatic rings. The monoisotopic (exact) mass is 585 g/mol. The number of imidazole rings is 1. The van der Waals surface area contributed by atoms with Crippen molar-refractivity contribution in [1.82, 2.24) is 24.3 Å².